The fourth-order valence-corrected chi connectivity index (χ4v) is 0.840. The van der Waals surface area contributed by atoms with Crippen molar-refractivity contribution in [2.75, 3.05) is 0 Å². The van der Waals surface area contributed by atoms with Gasteiger partial charge in [0.2, 0.25) is 0 Å². The van der Waals surface area contributed by atoms with Gasteiger partial charge in [0.1, 0.15) is 0 Å². The molecule has 1 rings (SSSR count). The van der Waals surface area contributed by atoms with E-state index in [1.807, 2.05) is 0 Å². The van der Waals surface area contributed by atoms with Crippen LogP contribution in [-0.2, 0) is 74.2 Å². The monoisotopic (exact) mass is 464 g/mol. The van der Waals surface area contributed by atoms with Gasteiger partial charge in [0.05, 0.1) is 0 Å². The van der Waals surface area contributed by atoms with Gasteiger partial charge in [0.15, 0.2) is 12.6 Å². The number of hydrogen-bond acceptors (Lipinski definition) is 4. The van der Waals surface area contributed by atoms with Gasteiger partial charge in [-0.3, -0.25) is 0 Å². The van der Waals surface area contributed by atoms with Crippen LogP contribution in [0.1, 0.15) is 23.7 Å². The van der Waals surface area contributed by atoms with Crippen LogP contribution in [0.3, 0.4) is 0 Å². The smallest absolute Gasteiger partial charge is 0.178 e. The van der Waals surface area contributed by atoms with Crippen LogP contribution >= 0.6 is 0 Å². The number of rotatable bonds is 2. The Balaban J connectivity index is -0.0000000229. The first kappa shape index (κ1) is 57.3. The van der Waals surface area contributed by atoms with Crippen molar-refractivity contribution in [3.8, 4) is 0 Å². The van der Waals surface area contributed by atoms with Crippen molar-refractivity contribution in [1.82, 2.24) is 0 Å². The Labute approximate surface area is 169 Å². The summed E-state index contributed by atoms with van der Waals surface area (Å²) in [4.78, 5) is 0. The van der Waals surface area contributed by atoms with Gasteiger partial charge in [-0.05, 0) is 0 Å². The van der Waals surface area contributed by atoms with E-state index < -0.39 is 12.6 Å². The molecule has 4 radical (unpaired) electrons. The predicted molar refractivity (Wildman–Crippen MR) is 58.9 cm³/mol. The normalized spacial score (nSPS) is 6.38. The molecule has 0 aliphatic carbocycles. The van der Waals surface area contributed by atoms with Crippen molar-refractivity contribution < 1.29 is 122 Å². The van der Waals surface area contributed by atoms with Crippen molar-refractivity contribution in [3.05, 3.63) is 35.4 Å². The van der Waals surface area contributed by atoms with Crippen molar-refractivity contribution in [2.45, 2.75) is 12.6 Å². The molecule has 0 bridgehead atoms. The molecule has 1 aromatic carbocycles. The van der Waals surface area contributed by atoms with Gasteiger partial charge >= 0.3 is 0 Å². The fourth-order valence-electron chi connectivity index (χ4n) is 0.840. The summed E-state index contributed by atoms with van der Waals surface area (Å²) in [5.74, 6) is 0. The molecule has 0 atom stereocenters. The van der Waals surface area contributed by atoms with E-state index in [4.69, 9.17) is 20.4 Å². The molecule has 1 aromatic rings. The number of hydrogen-bond donors (Lipinski definition) is 4. The molecule has 0 aliphatic rings. The zero-order valence-electron chi connectivity index (χ0n) is 10.5. The minimum Gasteiger partial charge on any atom is -0.412 e. The van der Waals surface area contributed by atoms with Gasteiger partial charge in [-0.1, -0.05) is 24.3 Å². The third-order valence-corrected chi connectivity index (χ3v) is 1.53. The summed E-state index contributed by atoms with van der Waals surface area (Å²) >= 11 is 0. The van der Waals surface area contributed by atoms with Crippen LogP contribution < -0.4 is 0 Å². The minimum absolute atomic E-state index is 0. The third-order valence-electron chi connectivity index (χ3n) is 1.53. The van der Waals surface area contributed by atoms with E-state index in [0.29, 0.717) is 11.1 Å². The summed E-state index contributed by atoms with van der Waals surface area (Å²) in [5.41, 5.74) is 0.638. The molecule has 0 fully saturated rings. The van der Waals surface area contributed by atoms with Crippen LogP contribution in [0.5, 0.6) is 0 Å². The van der Waals surface area contributed by atoms with Gasteiger partial charge in [-0.2, -0.15) is 0 Å². The first-order valence-electron chi connectivity index (χ1n) is 3.43. The van der Waals surface area contributed by atoms with Gasteiger partial charge in [-0.15, -0.1) is 0 Å². The summed E-state index contributed by atoms with van der Waals surface area (Å²) in [6.45, 7) is 0. The summed E-state index contributed by atoms with van der Waals surface area (Å²) in [7, 11) is 0. The van der Waals surface area contributed by atoms with Crippen LogP contribution in [0, 0.1) is 0 Å². The van der Waals surface area contributed by atoms with E-state index in [0.717, 1.165) is 0 Å². The molecule has 0 saturated carbocycles. The van der Waals surface area contributed by atoms with Crippen LogP contribution in [0.25, 0.3) is 0 Å². The van der Waals surface area contributed by atoms with Gasteiger partial charge < -0.3 is 47.8 Å². The SMILES string of the molecule is O.O.O.O.O.OC(O)c1ccc(C(O)O)cc1.[V].[V].[V].[V]. The minimum atomic E-state index is -1.52. The summed E-state index contributed by atoms with van der Waals surface area (Å²) < 4.78 is 0. The molecular weight excluding hydrogens is 444 g/mol. The topological polar surface area (TPSA) is 238 Å². The molecule has 0 aromatic heterocycles. The Morgan fingerprint density at radius 1 is 0.476 bits per heavy atom. The summed E-state index contributed by atoms with van der Waals surface area (Å²) in [5, 5.41) is 34.7. The largest absolute Gasteiger partial charge is 0.412 e. The van der Waals surface area contributed by atoms with Gasteiger partial charge in [0.25, 0.3) is 0 Å². The van der Waals surface area contributed by atoms with E-state index >= 15 is 0 Å². The second-order valence-electron chi connectivity index (χ2n) is 2.41. The van der Waals surface area contributed by atoms with E-state index in [2.05, 4.69) is 0 Å². The maximum atomic E-state index is 8.68. The first-order chi connectivity index (χ1) is 5.61. The van der Waals surface area contributed by atoms with E-state index in [1.165, 1.54) is 24.3 Å². The fraction of sp³-hybridized carbons (Fsp3) is 0.250. The summed E-state index contributed by atoms with van der Waals surface area (Å²) in [6, 6.07) is 5.66. The molecule has 126 valence electrons. The number of aliphatic hydroxyl groups is 4. The van der Waals surface area contributed by atoms with E-state index in [9.17, 15) is 0 Å². The van der Waals surface area contributed by atoms with Crippen molar-refractivity contribution in [1.29, 1.82) is 0 Å². The first-order valence-corrected chi connectivity index (χ1v) is 3.43. The second-order valence-corrected chi connectivity index (χ2v) is 2.41. The van der Waals surface area contributed by atoms with Crippen molar-refractivity contribution in [3.63, 3.8) is 0 Å². The Morgan fingerprint density at radius 3 is 0.714 bits per heavy atom. The number of benzene rings is 1. The molecule has 0 saturated heterocycles. The molecule has 9 nitrogen and oxygen atoms in total. The van der Waals surface area contributed by atoms with Crippen molar-refractivity contribution in [2.24, 2.45) is 0 Å². The molecule has 0 unspecified atom stereocenters. The molecule has 0 aliphatic heterocycles. The molecule has 0 heterocycles. The Kier molecular flexibility index (Phi) is 79.7. The number of aliphatic hydroxyl groups excluding tert-OH is 2. The molecule has 0 spiro atoms. The third kappa shape index (κ3) is 21.2. The van der Waals surface area contributed by atoms with Crippen LogP contribution in [0.15, 0.2) is 24.3 Å². The quantitative estimate of drug-likeness (QED) is 0.317. The standard InChI is InChI=1S/C8H10O4.5H2O.4V/c9-7(10)5-1-2-6(4-3-5)8(11)12;;;;;;;;;/h1-4,7-12H;5*1H2;;;;. The van der Waals surface area contributed by atoms with E-state index in [1.54, 1.807) is 0 Å². The van der Waals surface area contributed by atoms with Crippen LogP contribution in [0.4, 0.5) is 0 Å². The van der Waals surface area contributed by atoms with E-state index in [-0.39, 0.29) is 102 Å². The molecule has 21 heavy (non-hydrogen) atoms. The Bertz CT molecular complexity index is 233. The summed E-state index contributed by atoms with van der Waals surface area (Å²) in [6.07, 6.45) is -3.04. The van der Waals surface area contributed by atoms with Gasteiger partial charge in [-0.25, -0.2) is 0 Å². The van der Waals surface area contributed by atoms with Gasteiger partial charge in [0, 0.05) is 85.3 Å². The van der Waals surface area contributed by atoms with Crippen molar-refractivity contribution >= 4 is 0 Å². The maximum Gasteiger partial charge on any atom is 0.178 e. The average molecular weight is 464 g/mol. The average Bonchev–Trinajstić information content (AvgIpc) is 2.04. The van der Waals surface area contributed by atoms with Crippen LogP contribution in [-0.4, -0.2) is 47.8 Å². The molecule has 0 amide bonds. The zero-order valence-corrected chi connectivity index (χ0v) is 16.1. The predicted octanol–water partition coefficient (Wildman–Crippen LogP) is -4.48. The Hall–Kier alpha value is 1.20. The zero-order chi connectivity index (χ0) is 9.14. The second kappa shape index (κ2) is 29.2. The van der Waals surface area contributed by atoms with Crippen LogP contribution in [0.2, 0.25) is 0 Å². The molecular formula is C8H20O9V4. The molecule has 13 heteroatoms. The maximum absolute atomic E-state index is 8.68. The Morgan fingerprint density at radius 2 is 0.619 bits per heavy atom. The molecule has 14 N–H and O–H groups in total.